The largest absolute Gasteiger partial charge is 0.355 e. The molecule has 0 unspecified atom stereocenters. The van der Waals surface area contributed by atoms with Crippen molar-refractivity contribution in [2.24, 2.45) is 0 Å². The highest BCUT2D eigenvalue weighted by atomic mass is 32.2. The fourth-order valence-electron chi connectivity index (χ4n) is 2.10. The molecule has 0 saturated carbocycles. The van der Waals surface area contributed by atoms with Gasteiger partial charge < -0.3 is 9.84 Å². The number of sulfone groups is 1. The summed E-state index contributed by atoms with van der Waals surface area (Å²) >= 11 is 0. The highest BCUT2D eigenvalue weighted by Crippen LogP contribution is 2.20. The van der Waals surface area contributed by atoms with Gasteiger partial charge in [0, 0.05) is 23.6 Å². The summed E-state index contributed by atoms with van der Waals surface area (Å²) in [6.45, 7) is 0. The molecule has 0 saturated heterocycles. The highest BCUT2D eigenvalue weighted by molar-refractivity contribution is 7.90. The number of amides is 1. The first-order chi connectivity index (χ1) is 11.4. The van der Waals surface area contributed by atoms with Gasteiger partial charge in [0.05, 0.1) is 4.90 Å². The van der Waals surface area contributed by atoms with Crippen LogP contribution in [0.5, 0.6) is 0 Å². The average Bonchev–Trinajstić information content (AvgIpc) is 3.05. The minimum absolute atomic E-state index is 0.140. The summed E-state index contributed by atoms with van der Waals surface area (Å²) in [5, 5.41) is 6.41. The predicted octanol–water partition coefficient (Wildman–Crippen LogP) is 3.00. The number of nitrogens with zero attached hydrogens (tertiary/aromatic N) is 1. The Hall–Kier alpha value is -2.93. The monoisotopic (exact) mass is 342 g/mol. The summed E-state index contributed by atoms with van der Waals surface area (Å²) in [5.41, 5.74) is 1.43. The maximum atomic E-state index is 12.2. The zero-order valence-electron chi connectivity index (χ0n) is 12.8. The van der Waals surface area contributed by atoms with E-state index in [1.54, 1.807) is 6.07 Å². The summed E-state index contributed by atoms with van der Waals surface area (Å²) in [4.78, 5) is 12.4. The molecule has 6 nitrogen and oxygen atoms in total. The molecule has 1 aromatic heterocycles. The third kappa shape index (κ3) is 3.52. The standard InChI is InChI=1S/C17H14N2O4S/c1-24(21,22)14-9-7-13(8-10-14)18-17(20)15-11-16(23-19-15)12-5-3-2-4-6-12/h2-11H,1H3,(H,18,20). The molecule has 0 aliphatic carbocycles. The predicted molar refractivity (Wildman–Crippen MR) is 89.4 cm³/mol. The number of rotatable bonds is 4. The van der Waals surface area contributed by atoms with E-state index in [0.717, 1.165) is 11.8 Å². The molecule has 0 fully saturated rings. The topological polar surface area (TPSA) is 89.3 Å². The number of benzene rings is 2. The number of nitrogens with one attached hydrogen (secondary N) is 1. The van der Waals surface area contributed by atoms with Crippen LogP contribution in [0, 0.1) is 0 Å². The Morgan fingerprint density at radius 3 is 2.33 bits per heavy atom. The molecule has 122 valence electrons. The van der Waals surface area contributed by atoms with Crippen LogP contribution in [0.25, 0.3) is 11.3 Å². The number of anilines is 1. The van der Waals surface area contributed by atoms with Crippen LogP contribution in [-0.2, 0) is 9.84 Å². The van der Waals surface area contributed by atoms with E-state index >= 15 is 0 Å². The van der Waals surface area contributed by atoms with Gasteiger partial charge in [-0.15, -0.1) is 0 Å². The van der Waals surface area contributed by atoms with Gasteiger partial charge in [0.25, 0.3) is 5.91 Å². The Morgan fingerprint density at radius 2 is 1.71 bits per heavy atom. The lowest BCUT2D eigenvalue weighted by molar-refractivity contribution is 0.101. The molecule has 3 aromatic rings. The van der Waals surface area contributed by atoms with Crippen LogP contribution in [0.2, 0.25) is 0 Å². The van der Waals surface area contributed by atoms with E-state index in [9.17, 15) is 13.2 Å². The maximum Gasteiger partial charge on any atom is 0.277 e. The van der Waals surface area contributed by atoms with Gasteiger partial charge in [-0.25, -0.2) is 8.42 Å². The van der Waals surface area contributed by atoms with E-state index in [4.69, 9.17) is 4.52 Å². The molecule has 0 radical (unpaired) electrons. The highest BCUT2D eigenvalue weighted by Gasteiger charge is 2.14. The van der Waals surface area contributed by atoms with Crippen LogP contribution in [0.15, 0.2) is 70.1 Å². The molecular weight excluding hydrogens is 328 g/mol. The third-order valence-electron chi connectivity index (χ3n) is 3.34. The Labute approximate surface area is 139 Å². The smallest absolute Gasteiger partial charge is 0.277 e. The van der Waals surface area contributed by atoms with E-state index in [-0.39, 0.29) is 10.6 Å². The van der Waals surface area contributed by atoms with Crippen LogP contribution in [0.3, 0.4) is 0 Å². The molecule has 0 aliphatic rings. The van der Waals surface area contributed by atoms with Gasteiger partial charge in [-0.3, -0.25) is 4.79 Å². The lowest BCUT2D eigenvalue weighted by Gasteiger charge is -2.03. The molecule has 0 bridgehead atoms. The number of aromatic nitrogens is 1. The molecule has 3 rings (SSSR count). The van der Waals surface area contributed by atoms with E-state index in [1.807, 2.05) is 30.3 Å². The molecular formula is C17H14N2O4S. The first kappa shape index (κ1) is 15.9. The molecule has 0 atom stereocenters. The van der Waals surface area contributed by atoms with Crippen molar-refractivity contribution < 1.29 is 17.7 Å². The van der Waals surface area contributed by atoms with Gasteiger partial charge in [-0.2, -0.15) is 0 Å². The quantitative estimate of drug-likeness (QED) is 0.787. The van der Waals surface area contributed by atoms with E-state index in [0.29, 0.717) is 11.4 Å². The molecule has 0 aliphatic heterocycles. The second-order valence-corrected chi connectivity index (χ2v) is 7.21. The number of hydrogen-bond acceptors (Lipinski definition) is 5. The zero-order valence-corrected chi connectivity index (χ0v) is 13.6. The van der Waals surface area contributed by atoms with Gasteiger partial charge in [0.2, 0.25) is 0 Å². The van der Waals surface area contributed by atoms with Crippen LogP contribution in [-0.4, -0.2) is 25.7 Å². The molecule has 1 amide bonds. The van der Waals surface area contributed by atoms with Crippen molar-refractivity contribution in [3.8, 4) is 11.3 Å². The summed E-state index contributed by atoms with van der Waals surface area (Å²) in [6, 6.07) is 16.8. The molecule has 24 heavy (non-hydrogen) atoms. The Balaban J connectivity index is 1.75. The summed E-state index contributed by atoms with van der Waals surface area (Å²) in [6.07, 6.45) is 1.13. The van der Waals surface area contributed by atoms with Crippen LogP contribution in [0.1, 0.15) is 10.5 Å². The summed E-state index contributed by atoms with van der Waals surface area (Å²) in [5.74, 6) is 0.0567. The fraction of sp³-hybridized carbons (Fsp3) is 0.0588. The van der Waals surface area contributed by atoms with Crippen molar-refractivity contribution in [2.75, 3.05) is 11.6 Å². The Bertz CT molecular complexity index is 961. The molecule has 1 heterocycles. The average molecular weight is 342 g/mol. The maximum absolute atomic E-state index is 12.2. The van der Waals surface area contributed by atoms with Gasteiger partial charge in [0.1, 0.15) is 0 Å². The lowest BCUT2D eigenvalue weighted by Crippen LogP contribution is -2.12. The zero-order chi connectivity index (χ0) is 17.2. The second-order valence-electron chi connectivity index (χ2n) is 5.19. The third-order valence-corrected chi connectivity index (χ3v) is 4.47. The van der Waals surface area contributed by atoms with Crippen molar-refractivity contribution in [1.82, 2.24) is 5.16 Å². The fourth-order valence-corrected chi connectivity index (χ4v) is 2.73. The van der Waals surface area contributed by atoms with Gasteiger partial charge in [0.15, 0.2) is 21.3 Å². The van der Waals surface area contributed by atoms with E-state index in [1.165, 1.54) is 24.3 Å². The normalized spacial score (nSPS) is 11.2. The van der Waals surface area contributed by atoms with Crippen molar-refractivity contribution >= 4 is 21.4 Å². The molecule has 7 heteroatoms. The van der Waals surface area contributed by atoms with Crippen LogP contribution < -0.4 is 5.32 Å². The van der Waals surface area contributed by atoms with Crippen molar-refractivity contribution in [2.45, 2.75) is 4.90 Å². The molecule has 1 N–H and O–H groups in total. The van der Waals surface area contributed by atoms with Crippen molar-refractivity contribution in [3.63, 3.8) is 0 Å². The minimum atomic E-state index is -3.27. The first-order valence-corrected chi connectivity index (χ1v) is 8.96. The summed E-state index contributed by atoms with van der Waals surface area (Å²) < 4.78 is 28.0. The van der Waals surface area contributed by atoms with Crippen LogP contribution in [0.4, 0.5) is 5.69 Å². The van der Waals surface area contributed by atoms with Gasteiger partial charge in [-0.05, 0) is 24.3 Å². The second kappa shape index (κ2) is 6.29. The van der Waals surface area contributed by atoms with Crippen molar-refractivity contribution in [3.05, 3.63) is 66.4 Å². The SMILES string of the molecule is CS(=O)(=O)c1ccc(NC(=O)c2cc(-c3ccccc3)on2)cc1. The number of hydrogen-bond donors (Lipinski definition) is 1. The lowest BCUT2D eigenvalue weighted by atomic mass is 10.1. The number of carbonyl (C=O) groups excluding carboxylic acids is 1. The molecule has 2 aromatic carbocycles. The Morgan fingerprint density at radius 1 is 1.04 bits per heavy atom. The molecule has 0 spiro atoms. The van der Waals surface area contributed by atoms with E-state index < -0.39 is 15.7 Å². The number of carbonyl (C=O) groups is 1. The van der Waals surface area contributed by atoms with Gasteiger partial charge >= 0.3 is 0 Å². The Kier molecular flexibility index (Phi) is 4.18. The van der Waals surface area contributed by atoms with E-state index in [2.05, 4.69) is 10.5 Å². The van der Waals surface area contributed by atoms with Crippen LogP contribution >= 0.6 is 0 Å². The minimum Gasteiger partial charge on any atom is -0.355 e. The van der Waals surface area contributed by atoms with Gasteiger partial charge in [-0.1, -0.05) is 35.5 Å². The van der Waals surface area contributed by atoms with Crippen molar-refractivity contribution in [1.29, 1.82) is 0 Å². The first-order valence-electron chi connectivity index (χ1n) is 7.07. The summed E-state index contributed by atoms with van der Waals surface area (Å²) in [7, 11) is -3.27.